The Hall–Kier alpha value is -5.28. The highest BCUT2D eigenvalue weighted by Gasteiger charge is 2.36. The van der Waals surface area contributed by atoms with Gasteiger partial charge in [0.05, 0.1) is 64.5 Å². The van der Waals surface area contributed by atoms with E-state index in [1.54, 1.807) is 81.4 Å². The Morgan fingerprint density at radius 3 is 1.98 bits per heavy atom. The Balaban J connectivity index is 1.49. The Morgan fingerprint density at radius 1 is 0.909 bits per heavy atom. The number of esters is 2. The van der Waals surface area contributed by atoms with Gasteiger partial charge in [0.2, 0.25) is 5.91 Å². The Labute approximate surface area is 258 Å². The molecule has 0 unspecified atom stereocenters. The van der Waals surface area contributed by atoms with Crippen LogP contribution in [0.25, 0.3) is 0 Å². The van der Waals surface area contributed by atoms with Gasteiger partial charge >= 0.3 is 11.9 Å². The molecule has 3 N–H and O–H groups in total. The first-order valence-electron chi connectivity index (χ1n) is 13.7. The smallest absolute Gasteiger partial charge is 0.338 e. The maximum atomic E-state index is 13.6. The summed E-state index contributed by atoms with van der Waals surface area (Å²) >= 11 is 1.11. The van der Waals surface area contributed by atoms with Gasteiger partial charge in [0, 0.05) is 17.1 Å². The fourth-order valence-electron chi connectivity index (χ4n) is 4.41. The van der Waals surface area contributed by atoms with Crippen molar-refractivity contribution in [1.82, 2.24) is 5.32 Å². The van der Waals surface area contributed by atoms with Crippen LogP contribution in [0.15, 0.2) is 93.2 Å². The normalized spacial score (nSPS) is 14.3. The van der Waals surface area contributed by atoms with Crippen LogP contribution in [0.2, 0.25) is 0 Å². The van der Waals surface area contributed by atoms with Gasteiger partial charge in [-0.15, -0.1) is 0 Å². The molecule has 0 saturated carbocycles. The van der Waals surface area contributed by atoms with Crippen molar-refractivity contribution >= 4 is 46.9 Å². The lowest BCUT2D eigenvalue weighted by Gasteiger charge is -2.28. The molecular weight excluding hydrogens is 584 g/mol. The zero-order valence-corrected chi connectivity index (χ0v) is 25.1. The predicted molar refractivity (Wildman–Crippen MR) is 164 cm³/mol. The van der Waals surface area contributed by atoms with Crippen molar-refractivity contribution in [2.45, 2.75) is 26.7 Å². The van der Waals surface area contributed by atoms with E-state index in [0.29, 0.717) is 39.0 Å². The molecule has 1 atom stereocenters. The van der Waals surface area contributed by atoms with E-state index in [0.717, 1.165) is 11.8 Å². The van der Waals surface area contributed by atoms with Crippen LogP contribution < -0.4 is 16.0 Å². The van der Waals surface area contributed by atoms with Crippen LogP contribution in [0.4, 0.5) is 11.4 Å². The molecule has 2 heterocycles. The maximum absolute atomic E-state index is 13.6. The van der Waals surface area contributed by atoms with E-state index < -0.39 is 23.8 Å². The number of carbonyl (C=O) groups is 4. The molecule has 226 valence electrons. The summed E-state index contributed by atoms with van der Waals surface area (Å²) in [5, 5.41) is 19.3. The first-order chi connectivity index (χ1) is 21.2. The second-order valence-corrected chi connectivity index (χ2v) is 10.3. The molecule has 0 aliphatic carbocycles. The third kappa shape index (κ3) is 7.56. The molecule has 12 heteroatoms. The highest BCUT2D eigenvalue weighted by molar-refractivity contribution is 8.03. The molecule has 0 saturated heterocycles. The molecule has 0 radical (unpaired) electrons. The van der Waals surface area contributed by atoms with Gasteiger partial charge in [-0.25, -0.2) is 9.59 Å². The van der Waals surface area contributed by atoms with E-state index in [1.165, 1.54) is 6.26 Å². The van der Waals surface area contributed by atoms with Gasteiger partial charge in [0.1, 0.15) is 5.76 Å². The van der Waals surface area contributed by atoms with Crippen LogP contribution in [0.5, 0.6) is 0 Å². The number of dihydropyridines is 1. The van der Waals surface area contributed by atoms with Gasteiger partial charge in [-0.1, -0.05) is 11.8 Å². The molecule has 3 aromatic rings. The van der Waals surface area contributed by atoms with Crippen molar-refractivity contribution in [3.05, 3.63) is 106 Å². The van der Waals surface area contributed by atoms with Gasteiger partial charge in [0.15, 0.2) is 0 Å². The lowest BCUT2D eigenvalue weighted by molar-refractivity contribution is -0.114. The Bertz CT molecular complexity index is 1640. The number of allylic oxidation sites excluding steroid dienone is 2. The summed E-state index contributed by atoms with van der Waals surface area (Å²) in [5.74, 6) is -2.22. The minimum absolute atomic E-state index is 0.0420. The van der Waals surface area contributed by atoms with E-state index in [-0.39, 0.29) is 36.0 Å². The Kier molecular flexibility index (Phi) is 10.6. The molecule has 11 nitrogen and oxygen atoms in total. The number of furan rings is 1. The highest BCUT2D eigenvalue weighted by atomic mass is 32.2. The molecule has 1 aliphatic rings. The first kappa shape index (κ1) is 31.7. The standard InChI is InChI=1S/C32H30N4O7S/c1-4-41-31(39)20-8-12-22(13-9-20)35-26(37)18-44-30-24(17-33)28(25-7-6-16-43-25)27(19(3)34-30)29(38)36-23-14-10-21(11-15-23)32(40)42-5-2/h6-16,28,34H,4-5,18H2,1-3H3,(H,35,37)(H,36,38)/t28-/m1/s1. The van der Waals surface area contributed by atoms with Crippen molar-refractivity contribution in [2.75, 3.05) is 29.6 Å². The van der Waals surface area contributed by atoms with Gasteiger partial charge in [-0.05, 0) is 81.4 Å². The summed E-state index contributed by atoms with van der Waals surface area (Å²) in [6.07, 6.45) is 1.46. The summed E-state index contributed by atoms with van der Waals surface area (Å²) in [6.45, 7) is 5.65. The van der Waals surface area contributed by atoms with Crippen molar-refractivity contribution in [3.63, 3.8) is 0 Å². The predicted octanol–water partition coefficient (Wildman–Crippen LogP) is 5.34. The zero-order valence-electron chi connectivity index (χ0n) is 24.3. The summed E-state index contributed by atoms with van der Waals surface area (Å²) < 4.78 is 15.6. The monoisotopic (exact) mass is 614 g/mol. The van der Waals surface area contributed by atoms with E-state index in [4.69, 9.17) is 13.9 Å². The quantitative estimate of drug-likeness (QED) is 0.241. The maximum Gasteiger partial charge on any atom is 0.338 e. The minimum Gasteiger partial charge on any atom is -0.468 e. The SMILES string of the molecule is CCOC(=O)c1ccc(NC(=O)CSC2=C(C#N)[C@H](c3ccco3)C(C(=O)Nc3ccc(C(=O)OCC)cc3)=C(C)N2)cc1. The number of nitrogens with one attached hydrogen (secondary N) is 3. The van der Waals surface area contributed by atoms with Gasteiger partial charge in [-0.3, -0.25) is 9.59 Å². The number of nitriles is 1. The highest BCUT2D eigenvalue weighted by Crippen LogP contribution is 2.41. The number of hydrogen-bond donors (Lipinski definition) is 3. The lowest BCUT2D eigenvalue weighted by Crippen LogP contribution is -2.31. The van der Waals surface area contributed by atoms with Crippen LogP contribution in [0.1, 0.15) is 53.2 Å². The number of ether oxygens (including phenoxy) is 2. The number of thioether (sulfide) groups is 1. The Morgan fingerprint density at radius 2 is 1.48 bits per heavy atom. The summed E-state index contributed by atoms with van der Waals surface area (Å²) in [7, 11) is 0. The molecule has 2 aromatic carbocycles. The average molecular weight is 615 g/mol. The van der Waals surface area contributed by atoms with Crippen LogP contribution in [-0.4, -0.2) is 42.7 Å². The van der Waals surface area contributed by atoms with E-state index >= 15 is 0 Å². The van der Waals surface area contributed by atoms with Crippen LogP contribution in [0.3, 0.4) is 0 Å². The largest absolute Gasteiger partial charge is 0.468 e. The van der Waals surface area contributed by atoms with Crippen LogP contribution in [0, 0.1) is 11.3 Å². The lowest BCUT2D eigenvalue weighted by atomic mass is 9.85. The minimum atomic E-state index is -0.837. The molecule has 2 amide bonds. The topological polar surface area (TPSA) is 160 Å². The van der Waals surface area contributed by atoms with E-state index in [1.807, 2.05) is 0 Å². The third-order valence-corrected chi connectivity index (χ3v) is 7.42. The van der Waals surface area contributed by atoms with Crippen molar-refractivity contribution in [3.8, 4) is 6.07 Å². The number of anilines is 2. The molecule has 1 aliphatic heterocycles. The van der Waals surface area contributed by atoms with E-state index in [2.05, 4.69) is 22.0 Å². The summed E-state index contributed by atoms with van der Waals surface area (Å²) in [5.41, 5.74) is 2.61. The molecule has 44 heavy (non-hydrogen) atoms. The molecule has 0 spiro atoms. The number of benzene rings is 2. The summed E-state index contributed by atoms with van der Waals surface area (Å²) in [4.78, 5) is 50.2. The van der Waals surface area contributed by atoms with Crippen LogP contribution in [-0.2, 0) is 19.1 Å². The number of hydrogen-bond acceptors (Lipinski definition) is 10. The molecule has 1 aromatic heterocycles. The van der Waals surface area contributed by atoms with Gasteiger partial charge in [0.25, 0.3) is 5.91 Å². The second-order valence-electron chi connectivity index (χ2n) is 9.35. The third-order valence-electron chi connectivity index (χ3n) is 6.40. The number of carbonyl (C=O) groups excluding carboxylic acids is 4. The number of rotatable bonds is 11. The summed E-state index contributed by atoms with van der Waals surface area (Å²) in [6, 6.07) is 18.1. The molecular formula is C32H30N4O7S. The second kappa shape index (κ2) is 14.8. The van der Waals surface area contributed by atoms with Gasteiger partial charge in [-0.2, -0.15) is 5.26 Å². The number of amides is 2. The van der Waals surface area contributed by atoms with Crippen molar-refractivity contribution in [2.24, 2.45) is 0 Å². The first-order valence-corrected chi connectivity index (χ1v) is 14.7. The molecule has 4 rings (SSSR count). The van der Waals surface area contributed by atoms with Gasteiger partial charge < -0.3 is 29.8 Å². The molecule has 0 fully saturated rings. The number of nitrogens with zero attached hydrogens (tertiary/aromatic N) is 1. The fourth-order valence-corrected chi connectivity index (χ4v) is 5.30. The molecule has 0 bridgehead atoms. The fraction of sp³-hybridized carbons (Fsp3) is 0.219. The van der Waals surface area contributed by atoms with Crippen molar-refractivity contribution < 1.29 is 33.1 Å². The average Bonchev–Trinajstić information content (AvgIpc) is 3.55. The zero-order chi connectivity index (χ0) is 31.6. The van der Waals surface area contributed by atoms with E-state index in [9.17, 15) is 24.4 Å². The van der Waals surface area contributed by atoms with Crippen molar-refractivity contribution in [1.29, 1.82) is 5.26 Å². The van der Waals surface area contributed by atoms with Crippen LogP contribution >= 0.6 is 11.8 Å².